The van der Waals surface area contributed by atoms with Gasteiger partial charge in [-0.1, -0.05) is 41.5 Å². The number of carbonyl (C=O) groups is 1. The first kappa shape index (κ1) is 54.1. The molecule has 69 heavy (non-hydrogen) atoms. The van der Waals surface area contributed by atoms with Crippen LogP contribution in [0.2, 0.25) is 0 Å². The summed E-state index contributed by atoms with van der Waals surface area (Å²) in [6.07, 6.45) is -17.9. The molecule has 8 rings (SSSR count). The molecule has 19 nitrogen and oxygen atoms in total. The van der Waals surface area contributed by atoms with Crippen LogP contribution in [0, 0.1) is 44.8 Å². The van der Waals surface area contributed by atoms with E-state index in [1.165, 1.54) is 13.8 Å². The zero-order chi connectivity index (χ0) is 50.9. The molecule has 4 saturated heterocycles. The molecule has 0 spiro atoms. The second kappa shape index (κ2) is 18.6. The van der Waals surface area contributed by atoms with E-state index in [-0.39, 0.29) is 35.9 Å². The van der Waals surface area contributed by atoms with Gasteiger partial charge in [-0.05, 0) is 118 Å². The van der Waals surface area contributed by atoms with E-state index in [1.807, 2.05) is 0 Å². The summed E-state index contributed by atoms with van der Waals surface area (Å²) in [7, 11) is 0. The second-order valence-electron chi connectivity index (χ2n) is 24.8. The van der Waals surface area contributed by atoms with E-state index in [0.717, 1.165) is 12.8 Å². The van der Waals surface area contributed by atoms with E-state index >= 15 is 0 Å². The third-order valence-corrected chi connectivity index (χ3v) is 20.1. The lowest BCUT2D eigenvalue weighted by Crippen LogP contribution is -2.71. The number of aliphatic hydroxyl groups is 10. The Kier molecular flexibility index (Phi) is 14.5. The van der Waals surface area contributed by atoms with Crippen molar-refractivity contribution < 1.29 is 93.8 Å². The number of carbonyl (C=O) groups excluding carboxylic acids is 1. The fourth-order valence-corrected chi connectivity index (χ4v) is 16.2. The smallest absolute Gasteiger partial charge is 0.303 e. The molecule has 0 unspecified atom stereocenters. The number of aliphatic hydroxyl groups excluding tert-OH is 9. The van der Waals surface area contributed by atoms with Crippen molar-refractivity contribution in [3.63, 3.8) is 0 Å². The molecule has 26 atom stereocenters. The van der Waals surface area contributed by atoms with Gasteiger partial charge >= 0.3 is 5.97 Å². The van der Waals surface area contributed by atoms with Crippen LogP contribution in [0.25, 0.3) is 0 Å². The summed E-state index contributed by atoms with van der Waals surface area (Å²) in [5.74, 6) is -1.43. The summed E-state index contributed by atoms with van der Waals surface area (Å²) in [5.41, 5.74) is -4.40. The van der Waals surface area contributed by atoms with Gasteiger partial charge in [-0.25, -0.2) is 0 Å². The van der Waals surface area contributed by atoms with E-state index in [4.69, 9.17) is 37.9 Å². The summed E-state index contributed by atoms with van der Waals surface area (Å²) in [4.78, 5) is 12.5. The van der Waals surface area contributed by atoms with Gasteiger partial charge in [0.1, 0.15) is 48.8 Å². The quantitative estimate of drug-likeness (QED) is 0.107. The molecule has 8 aliphatic rings. The fraction of sp³-hybridized carbons (Fsp3) is 0.980. The van der Waals surface area contributed by atoms with Crippen LogP contribution in [0.15, 0.2) is 0 Å². The number of fused-ring (bicyclic) bond motifs is 5. The van der Waals surface area contributed by atoms with Crippen LogP contribution >= 0.6 is 0 Å². The van der Waals surface area contributed by atoms with E-state index < -0.39 is 150 Å². The summed E-state index contributed by atoms with van der Waals surface area (Å²) in [6.45, 7) is 20.7. The van der Waals surface area contributed by atoms with Crippen molar-refractivity contribution in [1.82, 2.24) is 0 Å². The molecular formula is C50H84O19. The molecule has 19 heteroatoms. The minimum absolute atomic E-state index is 0.0773. The Labute approximate surface area is 406 Å². The molecule has 4 heterocycles. The van der Waals surface area contributed by atoms with E-state index in [0.29, 0.717) is 38.5 Å². The Bertz CT molecular complexity index is 1850. The first-order valence-corrected chi connectivity index (χ1v) is 25.4. The van der Waals surface area contributed by atoms with E-state index in [2.05, 4.69) is 48.5 Å². The molecule has 8 fully saturated rings. The Hall–Kier alpha value is -1.21. The van der Waals surface area contributed by atoms with Gasteiger partial charge in [-0.3, -0.25) is 4.79 Å². The van der Waals surface area contributed by atoms with Gasteiger partial charge in [-0.15, -0.1) is 0 Å². The lowest BCUT2D eigenvalue weighted by atomic mass is 9.32. The molecule has 0 bridgehead atoms. The van der Waals surface area contributed by atoms with Gasteiger partial charge in [0.2, 0.25) is 0 Å². The molecule has 0 aromatic carbocycles. The summed E-state index contributed by atoms with van der Waals surface area (Å²) in [5, 5.41) is 110. The maximum atomic E-state index is 12.5. The van der Waals surface area contributed by atoms with Crippen molar-refractivity contribution in [1.29, 1.82) is 0 Å². The Balaban J connectivity index is 1.16. The fourth-order valence-electron chi connectivity index (χ4n) is 16.2. The highest BCUT2D eigenvalue weighted by atomic mass is 16.8. The van der Waals surface area contributed by atoms with Crippen molar-refractivity contribution in [2.45, 2.75) is 249 Å². The van der Waals surface area contributed by atoms with Crippen LogP contribution in [0.5, 0.6) is 0 Å². The predicted octanol–water partition coefficient (Wildman–Crippen LogP) is 0.783. The average molecular weight is 989 g/mol. The van der Waals surface area contributed by atoms with E-state index in [9.17, 15) is 55.9 Å². The lowest BCUT2D eigenvalue weighted by molar-refractivity contribution is -0.373. The molecular weight excluding hydrogens is 905 g/mol. The average Bonchev–Trinajstić information content (AvgIpc) is 3.77. The summed E-state index contributed by atoms with van der Waals surface area (Å²) >= 11 is 0. The van der Waals surface area contributed by atoms with Crippen molar-refractivity contribution in [2.75, 3.05) is 13.2 Å². The van der Waals surface area contributed by atoms with Crippen molar-refractivity contribution in [2.24, 2.45) is 44.8 Å². The third-order valence-electron chi connectivity index (χ3n) is 20.1. The highest BCUT2D eigenvalue weighted by Crippen LogP contribution is 2.79. The van der Waals surface area contributed by atoms with Crippen LogP contribution in [0.1, 0.15) is 128 Å². The predicted molar refractivity (Wildman–Crippen MR) is 241 cm³/mol. The van der Waals surface area contributed by atoms with Crippen LogP contribution in [0.4, 0.5) is 0 Å². The molecule has 4 aliphatic carbocycles. The highest BCUT2D eigenvalue weighted by molar-refractivity contribution is 5.66. The van der Waals surface area contributed by atoms with Crippen molar-refractivity contribution >= 4 is 5.97 Å². The van der Waals surface area contributed by atoms with Gasteiger partial charge < -0.3 is 89.0 Å². The molecule has 4 aliphatic heterocycles. The minimum Gasteiger partial charge on any atom is -0.457 e. The summed E-state index contributed by atoms with van der Waals surface area (Å²) in [6, 6.07) is 0. The monoisotopic (exact) mass is 989 g/mol. The first-order valence-electron chi connectivity index (χ1n) is 25.4. The maximum absolute atomic E-state index is 12.5. The van der Waals surface area contributed by atoms with Gasteiger partial charge in [0, 0.05) is 12.8 Å². The standard InChI is InChI=1S/C50H84O19/c1-22-31(55)33(57)35(59)41(63-22)68-38-37(64-23(2)52)25(54)21-62-43(38)67-29-12-14-47(8)40(44(29,3)4)26(65-42-36(60)34(58)32(56)27(20-51)66-42)18-28-46(47,7)16-17-48(9)39(24(53)19-49(28,48)10)50(11)15-13-30(69-50)45(5,6)61/h22,24-43,51,53-61H,12-21H2,1-11H3/t22-,24-,25+,26-,27+,28+,29-,30-,31-,32+,33+,34-,35+,36+,37-,38+,39-,40-,41-,42+,43-,46+,47-,48+,49-,50+/m0/s1. The first-order chi connectivity index (χ1) is 31.9. The molecule has 0 amide bonds. The SMILES string of the molecule is CC(=O)O[C@@H]1[C@@H](O[C@@H]2O[C@@H](C)[C@H](O)[C@@H](O)[C@H]2O)[C@H](O[C@H]2CC[C@@]3(C)[C@@H]([C@@H](O[C@@H]4O[C@H](CO)[C@@H](O)[C@H](O)[C@H]4O)C[C@H]4[C@]5(C)C[C@H](O)[C@H]([C@@]6(C)CC[C@@H](C(C)(C)O)O6)[C@@]5(C)CC[C@]43C)C2(C)C)OC[C@H]1O. The third kappa shape index (κ3) is 8.58. The largest absolute Gasteiger partial charge is 0.457 e. The highest BCUT2D eigenvalue weighted by Gasteiger charge is 2.77. The van der Waals surface area contributed by atoms with Crippen molar-refractivity contribution in [3.8, 4) is 0 Å². The van der Waals surface area contributed by atoms with Crippen LogP contribution in [-0.2, 0) is 42.7 Å². The van der Waals surface area contributed by atoms with Crippen molar-refractivity contribution in [3.05, 3.63) is 0 Å². The van der Waals surface area contributed by atoms with E-state index in [1.54, 1.807) is 13.8 Å². The number of ether oxygens (including phenoxy) is 8. The second-order valence-corrected chi connectivity index (χ2v) is 24.8. The Morgan fingerprint density at radius 3 is 1.88 bits per heavy atom. The number of hydrogen-bond donors (Lipinski definition) is 10. The van der Waals surface area contributed by atoms with Crippen LogP contribution in [0.3, 0.4) is 0 Å². The normalized spacial score (nSPS) is 55.4. The van der Waals surface area contributed by atoms with Gasteiger partial charge in [0.15, 0.2) is 31.1 Å². The van der Waals surface area contributed by atoms with Gasteiger partial charge in [-0.2, -0.15) is 0 Å². The van der Waals surface area contributed by atoms with Gasteiger partial charge in [0.25, 0.3) is 0 Å². The number of hydrogen-bond acceptors (Lipinski definition) is 19. The zero-order valence-electron chi connectivity index (χ0n) is 42.3. The van der Waals surface area contributed by atoms with Crippen LogP contribution in [-0.4, -0.2) is 192 Å². The lowest BCUT2D eigenvalue weighted by Gasteiger charge is -2.73. The molecule has 0 aromatic rings. The zero-order valence-corrected chi connectivity index (χ0v) is 42.3. The Morgan fingerprint density at radius 2 is 1.28 bits per heavy atom. The minimum atomic E-state index is -1.73. The maximum Gasteiger partial charge on any atom is 0.303 e. The molecule has 10 N–H and O–H groups in total. The summed E-state index contributed by atoms with van der Waals surface area (Å²) < 4.78 is 50.7. The number of rotatable bonds is 10. The topological polar surface area (TPSA) is 293 Å². The van der Waals surface area contributed by atoms with Crippen LogP contribution < -0.4 is 0 Å². The van der Waals surface area contributed by atoms with Gasteiger partial charge in [0.05, 0.1) is 54.9 Å². The molecule has 398 valence electrons. The molecule has 0 aromatic heterocycles. The molecule has 0 radical (unpaired) electrons. The Morgan fingerprint density at radius 1 is 0.667 bits per heavy atom. The number of esters is 1. The molecule has 4 saturated carbocycles.